The summed E-state index contributed by atoms with van der Waals surface area (Å²) in [5.74, 6) is 1.46. The first-order valence-corrected chi connectivity index (χ1v) is 10.6. The molecule has 31 heavy (non-hydrogen) atoms. The molecule has 0 aromatic heterocycles. The number of hydrogen-bond acceptors (Lipinski definition) is 4. The third-order valence-electron chi connectivity index (χ3n) is 4.98. The maximum atomic E-state index is 9.77. The van der Waals surface area contributed by atoms with Gasteiger partial charge in [0.1, 0.15) is 18.1 Å². The summed E-state index contributed by atoms with van der Waals surface area (Å²) in [7, 11) is 3.16. The molecule has 0 heterocycles. The maximum Gasteiger partial charge on any atom is 0.191 e. The molecule has 3 aromatic rings. The standard InChI is InChI=1S/C26H27ClO4/c1-29-25(30-2)18-31-23-14-10-21(11-15-23)26(20-8-12-22(28)13-9-20)24(16-17-27)19-6-4-3-5-7-19/h3-15,25,28H,16-18H2,1-2H3. The molecule has 162 valence electrons. The minimum absolute atomic E-state index is 0.233. The van der Waals surface area contributed by atoms with Crippen molar-refractivity contribution in [3.8, 4) is 11.5 Å². The summed E-state index contributed by atoms with van der Waals surface area (Å²) in [6.45, 7) is 0.300. The molecule has 0 aliphatic heterocycles. The molecule has 0 fully saturated rings. The summed E-state index contributed by atoms with van der Waals surface area (Å²) in [6.07, 6.45) is 0.296. The quantitative estimate of drug-likeness (QED) is 0.240. The number of rotatable bonds is 10. The molecule has 3 rings (SSSR count). The lowest BCUT2D eigenvalue weighted by atomic mass is 9.88. The molecule has 3 aromatic carbocycles. The van der Waals surface area contributed by atoms with Gasteiger partial charge in [-0.25, -0.2) is 0 Å². The highest BCUT2D eigenvalue weighted by Crippen LogP contribution is 2.35. The number of methoxy groups -OCH3 is 2. The van der Waals surface area contributed by atoms with E-state index >= 15 is 0 Å². The molecular formula is C26H27ClO4. The van der Waals surface area contributed by atoms with Gasteiger partial charge in [0.15, 0.2) is 6.29 Å². The van der Waals surface area contributed by atoms with E-state index in [9.17, 15) is 5.11 Å². The smallest absolute Gasteiger partial charge is 0.191 e. The predicted molar refractivity (Wildman–Crippen MR) is 126 cm³/mol. The van der Waals surface area contributed by atoms with Crippen molar-refractivity contribution in [3.05, 3.63) is 95.6 Å². The molecule has 0 saturated heterocycles. The Labute approximate surface area is 188 Å². The molecule has 0 unspecified atom stereocenters. The van der Waals surface area contributed by atoms with Gasteiger partial charge < -0.3 is 19.3 Å². The van der Waals surface area contributed by atoms with Gasteiger partial charge in [-0.3, -0.25) is 0 Å². The SMILES string of the molecule is COC(COc1ccc(C(=C(CCCl)c2ccccc2)c2ccc(O)cc2)cc1)OC. The zero-order chi connectivity index (χ0) is 22.1. The lowest BCUT2D eigenvalue weighted by Gasteiger charge is -2.18. The highest BCUT2D eigenvalue weighted by atomic mass is 35.5. The number of hydrogen-bond donors (Lipinski definition) is 1. The van der Waals surface area contributed by atoms with Crippen molar-refractivity contribution in [2.45, 2.75) is 12.7 Å². The monoisotopic (exact) mass is 438 g/mol. The summed E-state index contributed by atoms with van der Waals surface area (Å²) in [6, 6.07) is 25.4. The van der Waals surface area contributed by atoms with Crippen LogP contribution in [-0.4, -0.2) is 38.1 Å². The second kappa shape index (κ2) is 11.6. The van der Waals surface area contributed by atoms with Crippen molar-refractivity contribution in [1.29, 1.82) is 0 Å². The number of ether oxygens (including phenoxy) is 3. The number of aromatic hydroxyl groups is 1. The zero-order valence-electron chi connectivity index (χ0n) is 17.8. The second-order valence-corrected chi connectivity index (χ2v) is 7.32. The first kappa shape index (κ1) is 22.9. The first-order chi connectivity index (χ1) is 15.2. The van der Waals surface area contributed by atoms with E-state index in [1.54, 1.807) is 26.4 Å². The van der Waals surface area contributed by atoms with Gasteiger partial charge in [0, 0.05) is 20.1 Å². The summed E-state index contributed by atoms with van der Waals surface area (Å²) in [5.41, 5.74) is 5.39. The molecule has 4 nitrogen and oxygen atoms in total. The number of phenols is 1. The van der Waals surface area contributed by atoms with E-state index in [2.05, 4.69) is 12.1 Å². The molecule has 0 radical (unpaired) electrons. The highest BCUT2D eigenvalue weighted by Gasteiger charge is 2.15. The predicted octanol–water partition coefficient (Wildman–Crippen LogP) is 5.98. The van der Waals surface area contributed by atoms with E-state index in [1.807, 2.05) is 54.6 Å². The minimum atomic E-state index is -0.416. The van der Waals surface area contributed by atoms with Crippen molar-refractivity contribution >= 4 is 22.7 Å². The Balaban J connectivity index is 2.03. The fourth-order valence-corrected chi connectivity index (χ4v) is 3.59. The first-order valence-electron chi connectivity index (χ1n) is 10.1. The number of phenolic OH excluding ortho intramolecular Hbond substituents is 1. The molecule has 1 N–H and O–H groups in total. The normalized spacial score (nSPS) is 12.0. The van der Waals surface area contributed by atoms with Crippen LogP contribution in [0, 0.1) is 0 Å². The van der Waals surface area contributed by atoms with Crippen molar-refractivity contribution < 1.29 is 19.3 Å². The van der Waals surface area contributed by atoms with E-state index < -0.39 is 6.29 Å². The van der Waals surface area contributed by atoms with Crippen LogP contribution >= 0.6 is 11.6 Å². The van der Waals surface area contributed by atoms with Gasteiger partial charge >= 0.3 is 0 Å². The van der Waals surface area contributed by atoms with Crippen molar-refractivity contribution in [2.24, 2.45) is 0 Å². The summed E-state index contributed by atoms with van der Waals surface area (Å²) >= 11 is 6.20. The van der Waals surface area contributed by atoms with Crippen LogP contribution in [0.25, 0.3) is 11.1 Å². The minimum Gasteiger partial charge on any atom is -0.508 e. The van der Waals surface area contributed by atoms with Gasteiger partial charge in [-0.05, 0) is 58.5 Å². The van der Waals surface area contributed by atoms with Gasteiger partial charge in [0.05, 0.1) is 0 Å². The van der Waals surface area contributed by atoms with Crippen LogP contribution < -0.4 is 4.74 Å². The van der Waals surface area contributed by atoms with E-state index in [4.69, 9.17) is 25.8 Å². The third-order valence-corrected chi connectivity index (χ3v) is 5.17. The Bertz CT molecular complexity index is 963. The molecular weight excluding hydrogens is 412 g/mol. The fourth-order valence-electron chi connectivity index (χ4n) is 3.41. The lowest BCUT2D eigenvalue weighted by molar-refractivity contribution is -0.121. The number of benzene rings is 3. The Kier molecular flexibility index (Phi) is 8.53. The fraction of sp³-hybridized carbons (Fsp3) is 0.231. The average molecular weight is 439 g/mol. The molecule has 0 aliphatic rings. The van der Waals surface area contributed by atoms with Gasteiger partial charge in [-0.1, -0.05) is 54.6 Å². The Morgan fingerprint density at radius 2 is 1.39 bits per heavy atom. The lowest BCUT2D eigenvalue weighted by Crippen LogP contribution is -2.21. The van der Waals surface area contributed by atoms with E-state index in [-0.39, 0.29) is 5.75 Å². The largest absolute Gasteiger partial charge is 0.508 e. The molecule has 5 heteroatoms. The van der Waals surface area contributed by atoms with Crippen molar-refractivity contribution in [3.63, 3.8) is 0 Å². The Morgan fingerprint density at radius 1 is 0.806 bits per heavy atom. The van der Waals surface area contributed by atoms with Gasteiger partial charge in [-0.2, -0.15) is 0 Å². The Hall–Kier alpha value is -2.79. The molecule has 0 amide bonds. The summed E-state index contributed by atoms with van der Waals surface area (Å²) < 4.78 is 16.1. The topological polar surface area (TPSA) is 47.9 Å². The maximum absolute atomic E-state index is 9.77. The number of allylic oxidation sites excluding steroid dienone is 1. The van der Waals surface area contributed by atoms with Gasteiger partial charge in [0.25, 0.3) is 0 Å². The van der Waals surface area contributed by atoms with Crippen molar-refractivity contribution in [2.75, 3.05) is 26.7 Å². The number of halogens is 1. The molecule has 0 atom stereocenters. The Morgan fingerprint density at radius 3 is 1.94 bits per heavy atom. The molecule has 0 spiro atoms. The van der Waals surface area contributed by atoms with Gasteiger partial charge in [0.2, 0.25) is 0 Å². The second-order valence-electron chi connectivity index (χ2n) is 6.94. The van der Waals surface area contributed by atoms with Crippen LogP contribution in [0.1, 0.15) is 23.1 Å². The zero-order valence-corrected chi connectivity index (χ0v) is 18.5. The van der Waals surface area contributed by atoms with Crippen LogP contribution in [0.15, 0.2) is 78.9 Å². The average Bonchev–Trinajstić information content (AvgIpc) is 2.82. The molecule has 0 aliphatic carbocycles. The summed E-state index contributed by atoms with van der Waals surface area (Å²) in [4.78, 5) is 0. The van der Waals surface area contributed by atoms with Crippen LogP contribution in [0.2, 0.25) is 0 Å². The van der Waals surface area contributed by atoms with E-state index in [0.717, 1.165) is 33.6 Å². The number of alkyl halides is 1. The van der Waals surface area contributed by atoms with Crippen LogP contribution in [-0.2, 0) is 9.47 Å². The van der Waals surface area contributed by atoms with E-state index in [0.29, 0.717) is 18.9 Å². The third kappa shape index (κ3) is 6.11. The highest BCUT2D eigenvalue weighted by molar-refractivity contribution is 6.18. The van der Waals surface area contributed by atoms with E-state index in [1.165, 1.54) is 0 Å². The van der Waals surface area contributed by atoms with Gasteiger partial charge in [-0.15, -0.1) is 11.6 Å². The van der Waals surface area contributed by atoms with Crippen molar-refractivity contribution in [1.82, 2.24) is 0 Å². The molecule has 0 saturated carbocycles. The summed E-state index contributed by atoms with van der Waals surface area (Å²) in [5, 5.41) is 9.77. The molecule has 0 bridgehead atoms. The van der Waals surface area contributed by atoms with Crippen LogP contribution in [0.5, 0.6) is 11.5 Å². The van der Waals surface area contributed by atoms with Crippen LogP contribution in [0.4, 0.5) is 0 Å². The van der Waals surface area contributed by atoms with Crippen LogP contribution in [0.3, 0.4) is 0 Å².